The van der Waals surface area contributed by atoms with Gasteiger partial charge in [-0.1, -0.05) is 31.2 Å². The Balaban J connectivity index is 2.18. The maximum atomic E-state index is 13.3. The summed E-state index contributed by atoms with van der Waals surface area (Å²) >= 11 is 0.614. The average Bonchev–Trinajstić information content (AvgIpc) is 3.02. The van der Waals surface area contributed by atoms with Crippen molar-refractivity contribution < 1.29 is 35.5 Å². The van der Waals surface area contributed by atoms with Crippen LogP contribution >= 0.6 is 11.3 Å². The third kappa shape index (κ3) is 3.67. The predicted molar refractivity (Wildman–Crippen MR) is 81.5 cm³/mol. The predicted octanol–water partition coefficient (Wildman–Crippen LogP) is 5.14. The molecule has 0 bridgehead atoms. The molecule has 11 heteroatoms. The van der Waals surface area contributed by atoms with E-state index in [1.165, 1.54) is 10.7 Å². The molecule has 1 aromatic carbocycles. The lowest BCUT2D eigenvalue weighted by molar-refractivity contribution is -0.343. The van der Waals surface area contributed by atoms with Crippen molar-refractivity contribution in [2.45, 2.75) is 31.4 Å². The number of aromatic nitrogens is 1. The van der Waals surface area contributed by atoms with Crippen molar-refractivity contribution in [2.24, 2.45) is 0 Å². The highest BCUT2D eigenvalue weighted by molar-refractivity contribution is 7.14. The number of thiazole rings is 1. The fourth-order valence-corrected chi connectivity index (χ4v) is 2.59. The van der Waals surface area contributed by atoms with E-state index < -0.39 is 29.1 Å². The Morgan fingerprint density at radius 3 is 2.15 bits per heavy atom. The number of anilines is 1. The molecule has 26 heavy (non-hydrogen) atoms. The van der Waals surface area contributed by atoms with E-state index in [1.807, 2.05) is 6.92 Å². The van der Waals surface area contributed by atoms with E-state index in [2.05, 4.69) is 4.98 Å². The van der Waals surface area contributed by atoms with Crippen LogP contribution in [0.25, 0.3) is 11.3 Å². The van der Waals surface area contributed by atoms with Crippen LogP contribution in [-0.4, -0.2) is 28.9 Å². The number of amides is 1. The number of benzene rings is 1. The van der Waals surface area contributed by atoms with Gasteiger partial charge in [0.25, 0.3) is 0 Å². The fourth-order valence-electron chi connectivity index (χ4n) is 1.87. The van der Waals surface area contributed by atoms with Gasteiger partial charge in [-0.15, -0.1) is 11.3 Å². The van der Waals surface area contributed by atoms with Gasteiger partial charge in [-0.2, -0.15) is 30.7 Å². The van der Waals surface area contributed by atoms with Crippen LogP contribution in [0.3, 0.4) is 0 Å². The zero-order valence-corrected chi connectivity index (χ0v) is 13.8. The maximum absolute atomic E-state index is 13.3. The van der Waals surface area contributed by atoms with Crippen molar-refractivity contribution in [1.82, 2.24) is 4.98 Å². The summed E-state index contributed by atoms with van der Waals surface area (Å²) in [6, 6.07) is 6.91. The van der Waals surface area contributed by atoms with Crippen molar-refractivity contribution in [3.8, 4) is 11.3 Å². The van der Waals surface area contributed by atoms with Crippen LogP contribution < -0.4 is 5.32 Å². The minimum absolute atomic E-state index is 0.249. The normalized spacial score (nSPS) is 12.9. The lowest BCUT2D eigenvalue weighted by atomic mass is 10.1. The molecule has 2 aromatic rings. The van der Waals surface area contributed by atoms with Gasteiger partial charge in [-0.3, -0.25) is 10.1 Å². The summed E-state index contributed by atoms with van der Waals surface area (Å²) in [5.41, 5.74) is 1.83. The van der Waals surface area contributed by atoms with Crippen LogP contribution in [0.15, 0.2) is 29.6 Å². The van der Waals surface area contributed by atoms with Gasteiger partial charge in [0, 0.05) is 10.9 Å². The number of halogens is 7. The summed E-state index contributed by atoms with van der Waals surface area (Å²) in [7, 11) is 0. The van der Waals surface area contributed by atoms with Crippen molar-refractivity contribution in [3.63, 3.8) is 0 Å². The molecule has 0 radical (unpaired) electrons. The first-order valence-electron chi connectivity index (χ1n) is 7.08. The lowest BCUT2D eigenvalue weighted by Crippen LogP contribution is -2.57. The fraction of sp³-hybridized carbons (Fsp3) is 0.333. The van der Waals surface area contributed by atoms with Crippen LogP contribution in [0.4, 0.5) is 35.9 Å². The third-order valence-corrected chi connectivity index (χ3v) is 4.18. The van der Waals surface area contributed by atoms with Gasteiger partial charge < -0.3 is 0 Å². The Hall–Kier alpha value is -2.17. The number of aryl methyl sites for hydroxylation is 1. The van der Waals surface area contributed by atoms with Crippen LogP contribution in [0.2, 0.25) is 0 Å². The number of hydrogen-bond donors (Lipinski definition) is 1. The number of nitrogens with one attached hydrogen (secondary N) is 1. The molecule has 0 fully saturated rings. The second-order valence-electron chi connectivity index (χ2n) is 5.19. The molecule has 1 heterocycles. The highest BCUT2D eigenvalue weighted by Crippen LogP contribution is 2.47. The molecule has 0 saturated heterocycles. The number of nitrogens with zero attached hydrogens (tertiary/aromatic N) is 1. The van der Waals surface area contributed by atoms with Gasteiger partial charge in [0.2, 0.25) is 0 Å². The van der Waals surface area contributed by atoms with Crippen LogP contribution in [0, 0.1) is 0 Å². The van der Waals surface area contributed by atoms with Gasteiger partial charge in [0.1, 0.15) is 0 Å². The van der Waals surface area contributed by atoms with E-state index in [1.54, 1.807) is 24.3 Å². The summed E-state index contributed by atoms with van der Waals surface area (Å²) in [5, 5.41) is 2.13. The van der Waals surface area contributed by atoms with Crippen LogP contribution in [0.1, 0.15) is 12.5 Å². The molecule has 0 aliphatic heterocycles. The van der Waals surface area contributed by atoms with Crippen LogP contribution in [0.5, 0.6) is 0 Å². The molecule has 0 atom stereocenters. The van der Waals surface area contributed by atoms with Gasteiger partial charge >= 0.3 is 23.9 Å². The molecule has 0 unspecified atom stereocenters. The molecular weight excluding hydrogens is 389 g/mol. The Bertz CT molecular complexity index is 784. The molecule has 3 nitrogen and oxygen atoms in total. The number of hydrogen-bond acceptors (Lipinski definition) is 3. The monoisotopic (exact) mass is 400 g/mol. The minimum Gasteiger partial charge on any atom is -0.296 e. The second kappa shape index (κ2) is 6.86. The summed E-state index contributed by atoms with van der Waals surface area (Å²) < 4.78 is 88.5. The first-order valence-corrected chi connectivity index (χ1v) is 7.96. The molecular formula is C15H11F7N2OS. The van der Waals surface area contributed by atoms with Gasteiger partial charge in [-0.05, 0) is 12.0 Å². The van der Waals surface area contributed by atoms with E-state index in [-0.39, 0.29) is 5.69 Å². The molecule has 1 amide bonds. The highest BCUT2D eigenvalue weighted by atomic mass is 32.1. The van der Waals surface area contributed by atoms with Crippen molar-refractivity contribution in [3.05, 3.63) is 35.2 Å². The molecule has 0 spiro atoms. The van der Waals surface area contributed by atoms with Crippen molar-refractivity contribution >= 4 is 22.4 Å². The van der Waals surface area contributed by atoms with Crippen molar-refractivity contribution in [2.75, 3.05) is 5.32 Å². The van der Waals surface area contributed by atoms with E-state index >= 15 is 0 Å². The van der Waals surface area contributed by atoms with E-state index in [4.69, 9.17) is 0 Å². The second-order valence-corrected chi connectivity index (χ2v) is 6.05. The number of rotatable bonds is 5. The average molecular weight is 400 g/mol. The zero-order chi connectivity index (χ0) is 19.8. The summed E-state index contributed by atoms with van der Waals surface area (Å²) in [5.74, 6) is -15.3. The number of carbonyl (C=O) groups is 1. The van der Waals surface area contributed by atoms with Gasteiger partial charge in [0.15, 0.2) is 5.13 Å². The summed E-state index contributed by atoms with van der Waals surface area (Å²) in [4.78, 5) is 15.0. The Labute approximate surface area is 146 Å². The molecule has 0 saturated carbocycles. The Morgan fingerprint density at radius 1 is 1.08 bits per heavy atom. The van der Waals surface area contributed by atoms with E-state index in [0.29, 0.717) is 16.9 Å². The molecule has 0 aliphatic carbocycles. The Morgan fingerprint density at radius 2 is 1.65 bits per heavy atom. The van der Waals surface area contributed by atoms with E-state index in [0.717, 1.165) is 12.0 Å². The maximum Gasteiger partial charge on any atom is 0.460 e. The third-order valence-electron chi connectivity index (χ3n) is 3.42. The van der Waals surface area contributed by atoms with Gasteiger partial charge in [0.05, 0.1) is 5.69 Å². The molecule has 1 aromatic heterocycles. The molecule has 0 aliphatic rings. The largest absolute Gasteiger partial charge is 0.460 e. The number of carbonyl (C=O) groups excluding carboxylic acids is 1. The topological polar surface area (TPSA) is 42.0 Å². The Kier molecular flexibility index (Phi) is 5.31. The van der Waals surface area contributed by atoms with Crippen molar-refractivity contribution in [1.29, 1.82) is 0 Å². The zero-order valence-electron chi connectivity index (χ0n) is 13.0. The smallest absolute Gasteiger partial charge is 0.296 e. The lowest BCUT2D eigenvalue weighted by Gasteiger charge is -2.26. The van der Waals surface area contributed by atoms with Gasteiger partial charge in [-0.25, -0.2) is 4.98 Å². The quantitative estimate of drug-likeness (QED) is 0.706. The summed E-state index contributed by atoms with van der Waals surface area (Å²) in [6.07, 6.45) is -5.80. The standard InChI is InChI=1S/C15H11F7N2OS/c1-2-8-3-5-9(6-4-8)10-7-26-12(23-10)24-11(25)13(16,17)14(18,19)15(20,21)22/h3-7H,2H2,1H3,(H,23,24,25). The van der Waals surface area contributed by atoms with Crippen LogP contribution in [-0.2, 0) is 11.2 Å². The minimum atomic E-state index is -6.58. The molecule has 2 rings (SSSR count). The first-order chi connectivity index (χ1) is 11.9. The number of alkyl halides is 7. The highest BCUT2D eigenvalue weighted by Gasteiger charge is 2.76. The van der Waals surface area contributed by atoms with E-state index in [9.17, 15) is 35.5 Å². The SMILES string of the molecule is CCc1ccc(-c2csc(NC(=O)C(F)(F)C(F)(F)C(F)(F)F)n2)cc1. The first kappa shape index (κ1) is 20.1. The summed E-state index contributed by atoms with van der Waals surface area (Å²) in [6.45, 7) is 1.93. The molecule has 142 valence electrons. The molecule has 1 N–H and O–H groups in total.